The summed E-state index contributed by atoms with van der Waals surface area (Å²) in [6.45, 7) is 3.70. The quantitative estimate of drug-likeness (QED) is 0.547. The Kier molecular flexibility index (Phi) is 6.11. The zero-order chi connectivity index (χ0) is 22.9. The van der Waals surface area contributed by atoms with Gasteiger partial charge in [-0.05, 0) is 38.4 Å². The third-order valence-corrected chi connectivity index (χ3v) is 5.68. The molecule has 3 N–H and O–H groups in total. The van der Waals surface area contributed by atoms with Crippen LogP contribution in [0.3, 0.4) is 0 Å². The number of pyridine rings is 2. The number of aromatic nitrogens is 4. The SMILES string of the molecule is CC(CO)N1CCCC(Nc2nnc(-c3ncc(C(F)(F)F)cc3O)c3cnccc23)C1. The van der Waals surface area contributed by atoms with E-state index in [0.29, 0.717) is 28.9 Å². The van der Waals surface area contributed by atoms with Gasteiger partial charge in [-0.15, -0.1) is 10.2 Å². The van der Waals surface area contributed by atoms with Crippen LogP contribution in [0.5, 0.6) is 5.75 Å². The van der Waals surface area contributed by atoms with Crippen molar-refractivity contribution in [2.75, 3.05) is 25.0 Å². The molecule has 0 bridgehead atoms. The van der Waals surface area contributed by atoms with Gasteiger partial charge in [0.05, 0.1) is 12.2 Å². The Morgan fingerprint density at radius 3 is 2.75 bits per heavy atom. The van der Waals surface area contributed by atoms with Crippen molar-refractivity contribution >= 4 is 16.6 Å². The number of fused-ring (bicyclic) bond motifs is 1. The van der Waals surface area contributed by atoms with Crippen LogP contribution in [0, 0.1) is 0 Å². The zero-order valence-electron chi connectivity index (χ0n) is 17.3. The number of rotatable bonds is 5. The number of nitrogens with zero attached hydrogens (tertiary/aromatic N) is 5. The van der Waals surface area contributed by atoms with E-state index in [0.717, 1.165) is 25.9 Å². The summed E-state index contributed by atoms with van der Waals surface area (Å²) in [6.07, 6.45) is 1.03. The molecule has 32 heavy (non-hydrogen) atoms. The largest absolute Gasteiger partial charge is 0.506 e. The van der Waals surface area contributed by atoms with Crippen molar-refractivity contribution in [3.8, 4) is 17.1 Å². The predicted molar refractivity (Wildman–Crippen MR) is 112 cm³/mol. The molecule has 3 aromatic heterocycles. The second kappa shape index (κ2) is 8.83. The highest BCUT2D eigenvalue weighted by atomic mass is 19.4. The lowest BCUT2D eigenvalue weighted by atomic mass is 10.0. The lowest BCUT2D eigenvalue weighted by Crippen LogP contribution is -2.47. The molecule has 8 nitrogen and oxygen atoms in total. The molecule has 4 rings (SSSR count). The molecule has 2 unspecified atom stereocenters. The van der Waals surface area contributed by atoms with Crippen molar-refractivity contribution in [3.05, 3.63) is 36.3 Å². The van der Waals surface area contributed by atoms with Gasteiger partial charge in [0.2, 0.25) is 0 Å². The first-order valence-electron chi connectivity index (χ1n) is 10.3. The number of aliphatic hydroxyl groups excluding tert-OH is 1. The first-order chi connectivity index (χ1) is 15.3. The van der Waals surface area contributed by atoms with Crippen LogP contribution in [0.4, 0.5) is 19.0 Å². The molecule has 2 atom stereocenters. The highest BCUT2D eigenvalue weighted by Crippen LogP contribution is 2.37. The first-order valence-corrected chi connectivity index (χ1v) is 10.3. The number of hydrogen-bond acceptors (Lipinski definition) is 8. The Morgan fingerprint density at radius 1 is 1.22 bits per heavy atom. The molecule has 0 spiro atoms. The van der Waals surface area contributed by atoms with E-state index < -0.39 is 17.5 Å². The maximum absolute atomic E-state index is 12.9. The van der Waals surface area contributed by atoms with Gasteiger partial charge in [-0.3, -0.25) is 9.88 Å². The van der Waals surface area contributed by atoms with E-state index in [1.54, 1.807) is 12.3 Å². The third-order valence-electron chi connectivity index (χ3n) is 5.68. The minimum absolute atomic E-state index is 0.0581. The topological polar surface area (TPSA) is 107 Å². The number of hydrogen-bond donors (Lipinski definition) is 3. The standard InChI is InChI=1S/C21H23F3N6O2/c1-12(11-31)30-6-2-3-14(10-30)27-20-15-4-5-25-9-16(15)18(28-29-20)19-17(32)7-13(8-26-19)21(22,23)24/h4-5,7-9,12,14,31-32H,2-3,6,10-11H2,1H3,(H,27,29). The van der Waals surface area contributed by atoms with E-state index in [4.69, 9.17) is 0 Å². The Bertz CT molecular complexity index is 1110. The van der Waals surface area contributed by atoms with E-state index in [-0.39, 0.29) is 30.1 Å². The van der Waals surface area contributed by atoms with E-state index in [1.165, 1.54) is 6.20 Å². The minimum Gasteiger partial charge on any atom is -0.506 e. The summed E-state index contributed by atoms with van der Waals surface area (Å²) < 4.78 is 38.7. The van der Waals surface area contributed by atoms with Crippen LogP contribution >= 0.6 is 0 Å². The molecule has 1 saturated heterocycles. The molecular weight excluding hydrogens is 425 g/mol. The Morgan fingerprint density at radius 2 is 2.03 bits per heavy atom. The second-order valence-corrected chi connectivity index (χ2v) is 7.92. The molecule has 11 heteroatoms. The van der Waals surface area contributed by atoms with E-state index in [9.17, 15) is 23.4 Å². The fourth-order valence-corrected chi connectivity index (χ4v) is 3.90. The van der Waals surface area contributed by atoms with E-state index in [1.807, 2.05) is 6.92 Å². The lowest BCUT2D eigenvalue weighted by Gasteiger charge is -2.36. The first kappa shape index (κ1) is 22.2. The summed E-state index contributed by atoms with van der Waals surface area (Å²) in [5.74, 6) is -0.123. The number of alkyl halides is 3. The minimum atomic E-state index is -4.62. The summed E-state index contributed by atoms with van der Waals surface area (Å²) >= 11 is 0. The molecule has 170 valence electrons. The van der Waals surface area contributed by atoms with Gasteiger partial charge in [0.15, 0.2) is 5.82 Å². The zero-order valence-corrected chi connectivity index (χ0v) is 17.3. The number of aromatic hydroxyl groups is 1. The number of piperidine rings is 1. The van der Waals surface area contributed by atoms with Gasteiger partial charge in [-0.25, -0.2) is 4.98 Å². The summed E-state index contributed by atoms with van der Waals surface area (Å²) in [4.78, 5) is 10.1. The lowest BCUT2D eigenvalue weighted by molar-refractivity contribution is -0.137. The van der Waals surface area contributed by atoms with Crippen LogP contribution in [0.1, 0.15) is 25.3 Å². The molecule has 0 radical (unpaired) electrons. The van der Waals surface area contributed by atoms with Gasteiger partial charge >= 0.3 is 6.18 Å². The molecule has 0 saturated carbocycles. The third kappa shape index (κ3) is 4.44. The average molecular weight is 448 g/mol. The molecule has 1 fully saturated rings. The smallest absolute Gasteiger partial charge is 0.418 e. The molecule has 1 aliphatic heterocycles. The number of nitrogens with one attached hydrogen (secondary N) is 1. The average Bonchev–Trinajstić information content (AvgIpc) is 2.78. The van der Waals surface area contributed by atoms with E-state index >= 15 is 0 Å². The van der Waals surface area contributed by atoms with Crippen molar-refractivity contribution in [3.63, 3.8) is 0 Å². The Labute approximate surface area is 182 Å². The fraction of sp³-hybridized carbons (Fsp3) is 0.429. The van der Waals surface area contributed by atoms with E-state index in [2.05, 4.69) is 30.4 Å². The van der Waals surface area contributed by atoms with Gasteiger partial charge in [0.25, 0.3) is 0 Å². The van der Waals surface area contributed by atoms with Gasteiger partial charge in [-0.1, -0.05) is 0 Å². The van der Waals surface area contributed by atoms with Crippen LogP contribution in [-0.2, 0) is 6.18 Å². The van der Waals surface area contributed by atoms with Crippen molar-refractivity contribution < 1.29 is 23.4 Å². The number of likely N-dealkylation sites (tertiary alicyclic amines) is 1. The van der Waals surface area contributed by atoms with Crippen molar-refractivity contribution in [1.29, 1.82) is 0 Å². The number of anilines is 1. The molecule has 1 aliphatic rings. The summed E-state index contributed by atoms with van der Waals surface area (Å²) in [5.41, 5.74) is -1.01. The van der Waals surface area contributed by atoms with Gasteiger partial charge < -0.3 is 15.5 Å². The maximum atomic E-state index is 12.9. The van der Waals surface area contributed by atoms with Crippen LogP contribution in [0.2, 0.25) is 0 Å². The molecular formula is C21H23F3N6O2. The predicted octanol–water partition coefficient (Wildman–Crippen LogP) is 3.07. The van der Waals surface area contributed by atoms with Crippen molar-refractivity contribution in [1.82, 2.24) is 25.1 Å². The summed E-state index contributed by atoms with van der Waals surface area (Å²) in [7, 11) is 0. The monoisotopic (exact) mass is 448 g/mol. The second-order valence-electron chi connectivity index (χ2n) is 7.92. The van der Waals surface area contributed by atoms with Gasteiger partial charge in [0, 0.05) is 48.0 Å². The van der Waals surface area contributed by atoms with Crippen LogP contribution in [0.25, 0.3) is 22.2 Å². The highest BCUT2D eigenvalue weighted by molar-refractivity contribution is 5.99. The molecule has 0 amide bonds. The number of halogens is 3. The maximum Gasteiger partial charge on any atom is 0.418 e. The normalized spacial score (nSPS) is 18.6. The molecule has 0 aromatic carbocycles. The highest BCUT2D eigenvalue weighted by Gasteiger charge is 2.32. The van der Waals surface area contributed by atoms with Gasteiger partial charge in [-0.2, -0.15) is 13.2 Å². The molecule has 4 heterocycles. The van der Waals surface area contributed by atoms with Crippen LogP contribution in [0.15, 0.2) is 30.7 Å². The Hall–Kier alpha value is -3.05. The van der Waals surface area contributed by atoms with Crippen molar-refractivity contribution in [2.45, 2.75) is 38.0 Å². The Balaban J connectivity index is 1.67. The number of aliphatic hydroxyl groups is 1. The summed E-state index contributed by atoms with van der Waals surface area (Å²) in [5, 5.41) is 32.6. The van der Waals surface area contributed by atoms with Gasteiger partial charge in [0.1, 0.15) is 17.1 Å². The molecule has 3 aromatic rings. The summed E-state index contributed by atoms with van der Waals surface area (Å²) in [6, 6.07) is 2.50. The molecule has 0 aliphatic carbocycles. The van der Waals surface area contributed by atoms with Crippen molar-refractivity contribution in [2.24, 2.45) is 0 Å². The van der Waals surface area contributed by atoms with Crippen LogP contribution < -0.4 is 5.32 Å². The van der Waals surface area contributed by atoms with Crippen LogP contribution in [-0.4, -0.2) is 67.1 Å². The fourth-order valence-electron chi connectivity index (χ4n) is 3.90.